The van der Waals surface area contributed by atoms with Crippen molar-refractivity contribution in [3.8, 4) is 0 Å². The summed E-state index contributed by atoms with van der Waals surface area (Å²) in [5, 5.41) is 0. The van der Waals surface area contributed by atoms with Crippen LogP contribution in [0.5, 0.6) is 0 Å². The first-order valence-corrected chi connectivity index (χ1v) is 7.01. The van der Waals surface area contributed by atoms with Crippen LogP contribution in [-0.2, 0) is 14.9 Å². The van der Waals surface area contributed by atoms with Crippen LogP contribution in [0.1, 0.15) is 32.8 Å². The average molecular weight is 277 g/mol. The number of ether oxygens (including phenoxy) is 2. The van der Waals surface area contributed by atoms with Gasteiger partial charge in [-0.2, -0.15) is 0 Å². The van der Waals surface area contributed by atoms with Gasteiger partial charge in [-0.25, -0.2) is 4.79 Å². The molecule has 4 heteroatoms. The molecule has 1 aliphatic rings. The van der Waals surface area contributed by atoms with Crippen molar-refractivity contribution in [2.45, 2.75) is 38.7 Å². The number of carbonyl (C=O) groups is 1. The summed E-state index contributed by atoms with van der Waals surface area (Å²) in [6.45, 7) is 7.57. The van der Waals surface area contributed by atoms with E-state index in [1.54, 1.807) is 11.9 Å². The second-order valence-corrected chi connectivity index (χ2v) is 6.20. The predicted molar refractivity (Wildman–Crippen MR) is 79.3 cm³/mol. The molecule has 1 amide bonds. The summed E-state index contributed by atoms with van der Waals surface area (Å²) in [5.41, 5.74) is 1.99. The summed E-state index contributed by atoms with van der Waals surface area (Å²) in [4.78, 5) is 13.8. The quantitative estimate of drug-likeness (QED) is 0.832. The largest absolute Gasteiger partial charge is 0.443 e. The number of carbonyl (C=O) groups excluding carboxylic acids is 1. The third kappa shape index (κ3) is 3.31. The van der Waals surface area contributed by atoms with Crippen molar-refractivity contribution in [3.63, 3.8) is 0 Å². The van der Waals surface area contributed by atoms with Crippen LogP contribution in [0.2, 0.25) is 0 Å². The fourth-order valence-corrected chi connectivity index (χ4v) is 2.33. The molecule has 0 bridgehead atoms. The highest BCUT2D eigenvalue weighted by Crippen LogP contribution is 2.31. The molecule has 1 aromatic carbocycles. The minimum atomic E-state index is -0.322. The second-order valence-electron chi connectivity index (χ2n) is 6.20. The number of amides is 1. The van der Waals surface area contributed by atoms with Crippen molar-refractivity contribution in [2.75, 3.05) is 25.2 Å². The predicted octanol–water partition coefficient (Wildman–Crippen LogP) is 3.35. The Labute approximate surface area is 120 Å². The number of rotatable bonds is 2. The zero-order chi connectivity index (χ0) is 14.8. The van der Waals surface area contributed by atoms with Gasteiger partial charge >= 0.3 is 6.09 Å². The van der Waals surface area contributed by atoms with Gasteiger partial charge in [0.25, 0.3) is 0 Å². The number of anilines is 1. The summed E-state index contributed by atoms with van der Waals surface area (Å²) in [5.74, 6) is 0. The maximum atomic E-state index is 12.2. The van der Waals surface area contributed by atoms with Crippen molar-refractivity contribution in [2.24, 2.45) is 0 Å². The molecule has 0 aromatic heterocycles. The number of benzene rings is 1. The Morgan fingerprint density at radius 1 is 1.35 bits per heavy atom. The number of hydrogen-bond acceptors (Lipinski definition) is 3. The average Bonchev–Trinajstić information content (AvgIpc) is 2.89. The van der Waals surface area contributed by atoms with E-state index in [0.717, 1.165) is 17.7 Å². The molecule has 1 fully saturated rings. The Bertz CT molecular complexity index is 473. The molecule has 4 nitrogen and oxygen atoms in total. The lowest BCUT2D eigenvalue weighted by Gasteiger charge is -2.27. The topological polar surface area (TPSA) is 38.8 Å². The van der Waals surface area contributed by atoms with Crippen LogP contribution >= 0.6 is 0 Å². The molecule has 0 spiro atoms. The first kappa shape index (κ1) is 14.9. The number of nitrogens with zero attached hydrogens (tertiary/aromatic N) is 1. The SMILES string of the molecule is CN(C(=O)OC1CCOC1)c1ccccc1C(C)(C)C. The molecule has 0 aliphatic carbocycles. The van der Waals surface area contributed by atoms with Crippen molar-refractivity contribution in [1.82, 2.24) is 0 Å². The van der Waals surface area contributed by atoms with Gasteiger partial charge in [0.15, 0.2) is 0 Å². The van der Waals surface area contributed by atoms with Crippen LogP contribution in [0, 0.1) is 0 Å². The van der Waals surface area contributed by atoms with E-state index >= 15 is 0 Å². The standard InChI is InChI=1S/C16H23NO3/c1-16(2,3)13-7-5-6-8-14(13)17(4)15(18)20-12-9-10-19-11-12/h5-8,12H,9-11H2,1-4H3. The van der Waals surface area contributed by atoms with E-state index in [2.05, 4.69) is 26.8 Å². The molecule has 1 heterocycles. The van der Waals surface area contributed by atoms with E-state index in [-0.39, 0.29) is 17.6 Å². The maximum absolute atomic E-state index is 12.2. The van der Waals surface area contributed by atoms with Gasteiger partial charge in [-0.15, -0.1) is 0 Å². The van der Waals surface area contributed by atoms with Gasteiger partial charge in [-0.05, 0) is 17.0 Å². The Hall–Kier alpha value is -1.55. The van der Waals surface area contributed by atoms with E-state index in [1.165, 1.54) is 0 Å². The second kappa shape index (κ2) is 5.83. The van der Waals surface area contributed by atoms with E-state index in [9.17, 15) is 4.79 Å². The Morgan fingerprint density at radius 2 is 2.05 bits per heavy atom. The highest BCUT2D eigenvalue weighted by Gasteiger charge is 2.26. The summed E-state index contributed by atoms with van der Waals surface area (Å²) in [6.07, 6.45) is 0.337. The molecular formula is C16H23NO3. The van der Waals surface area contributed by atoms with Crippen LogP contribution in [-0.4, -0.2) is 32.5 Å². The van der Waals surface area contributed by atoms with Crippen LogP contribution in [0.25, 0.3) is 0 Å². The lowest BCUT2D eigenvalue weighted by atomic mass is 9.85. The van der Waals surface area contributed by atoms with Gasteiger partial charge < -0.3 is 9.47 Å². The number of hydrogen-bond donors (Lipinski definition) is 0. The molecule has 0 saturated carbocycles. The Morgan fingerprint density at radius 3 is 2.65 bits per heavy atom. The van der Waals surface area contributed by atoms with Crippen molar-refractivity contribution >= 4 is 11.8 Å². The van der Waals surface area contributed by atoms with Gasteiger partial charge in [-0.3, -0.25) is 4.90 Å². The third-order valence-electron chi connectivity index (χ3n) is 3.50. The molecule has 1 aliphatic heterocycles. The first-order chi connectivity index (χ1) is 9.39. The summed E-state index contributed by atoms with van der Waals surface area (Å²) >= 11 is 0. The molecule has 1 saturated heterocycles. The fraction of sp³-hybridized carbons (Fsp3) is 0.562. The van der Waals surface area contributed by atoms with Crippen LogP contribution in [0.15, 0.2) is 24.3 Å². The Balaban J connectivity index is 2.16. The summed E-state index contributed by atoms with van der Waals surface area (Å²) in [6, 6.07) is 7.94. The van der Waals surface area contributed by atoms with Gasteiger partial charge in [0.05, 0.1) is 18.9 Å². The smallest absolute Gasteiger partial charge is 0.414 e. The lowest BCUT2D eigenvalue weighted by molar-refractivity contribution is 0.0889. The third-order valence-corrected chi connectivity index (χ3v) is 3.50. The minimum absolute atomic E-state index is 0.0262. The highest BCUT2D eigenvalue weighted by atomic mass is 16.6. The zero-order valence-electron chi connectivity index (χ0n) is 12.7. The molecule has 20 heavy (non-hydrogen) atoms. The molecule has 1 atom stereocenters. The van der Waals surface area contributed by atoms with E-state index < -0.39 is 0 Å². The van der Waals surface area contributed by atoms with Gasteiger partial charge in [0.2, 0.25) is 0 Å². The molecule has 0 radical (unpaired) electrons. The van der Waals surface area contributed by atoms with Gasteiger partial charge in [-0.1, -0.05) is 39.0 Å². The highest BCUT2D eigenvalue weighted by molar-refractivity contribution is 5.88. The van der Waals surface area contributed by atoms with Crippen LogP contribution < -0.4 is 4.90 Å². The molecule has 1 aromatic rings. The normalized spacial score (nSPS) is 18.9. The molecule has 1 unspecified atom stereocenters. The van der Waals surface area contributed by atoms with Crippen molar-refractivity contribution in [1.29, 1.82) is 0 Å². The fourth-order valence-electron chi connectivity index (χ4n) is 2.33. The zero-order valence-corrected chi connectivity index (χ0v) is 12.7. The number of para-hydroxylation sites is 1. The van der Waals surface area contributed by atoms with E-state index in [0.29, 0.717) is 13.2 Å². The molecule has 2 rings (SSSR count). The molecule has 110 valence electrons. The van der Waals surface area contributed by atoms with Crippen molar-refractivity contribution < 1.29 is 14.3 Å². The molecule has 0 N–H and O–H groups in total. The van der Waals surface area contributed by atoms with Gasteiger partial charge in [0.1, 0.15) is 6.10 Å². The molecular weight excluding hydrogens is 254 g/mol. The van der Waals surface area contributed by atoms with Crippen LogP contribution in [0.4, 0.5) is 10.5 Å². The van der Waals surface area contributed by atoms with Crippen LogP contribution in [0.3, 0.4) is 0 Å². The Kier molecular flexibility index (Phi) is 4.33. The lowest BCUT2D eigenvalue weighted by Crippen LogP contribution is -2.33. The monoisotopic (exact) mass is 277 g/mol. The van der Waals surface area contributed by atoms with Gasteiger partial charge in [0, 0.05) is 13.5 Å². The van der Waals surface area contributed by atoms with E-state index in [1.807, 2.05) is 18.2 Å². The van der Waals surface area contributed by atoms with E-state index in [4.69, 9.17) is 9.47 Å². The first-order valence-electron chi connectivity index (χ1n) is 7.01. The summed E-state index contributed by atoms with van der Waals surface area (Å²) < 4.78 is 10.7. The summed E-state index contributed by atoms with van der Waals surface area (Å²) in [7, 11) is 1.75. The van der Waals surface area contributed by atoms with Crippen molar-refractivity contribution in [3.05, 3.63) is 29.8 Å². The maximum Gasteiger partial charge on any atom is 0.414 e. The minimum Gasteiger partial charge on any atom is -0.443 e.